The predicted molar refractivity (Wildman–Crippen MR) is 46.0 cm³/mol. The van der Waals surface area contributed by atoms with Crippen LogP contribution in [-0.4, -0.2) is 0 Å². The summed E-state index contributed by atoms with van der Waals surface area (Å²) < 4.78 is 14.4. The molecule has 1 rings (SSSR count). The summed E-state index contributed by atoms with van der Waals surface area (Å²) in [5.74, 6) is -1.94. The Kier molecular flexibility index (Phi) is 1.98. The van der Waals surface area contributed by atoms with Crippen molar-refractivity contribution in [1.29, 1.82) is 0 Å². The molecule has 0 amide bonds. The van der Waals surface area contributed by atoms with E-state index in [-0.39, 0.29) is 10.6 Å². The van der Waals surface area contributed by atoms with Crippen molar-refractivity contribution in [1.82, 2.24) is 0 Å². The number of benzene rings is 1. The van der Waals surface area contributed by atoms with Crippen LogP contribution in [0.25, 0.3) is 0 Å². The Morgan fingerprint density at radius 2 is 2.10 bits per heavy atom. The molecule has 0 aliphatic carbocycles. The van der Waals surface area contributed by atoms with Crippen molar-refractivity contribution in [2.75, 3.05) is 0 Å². The summed E-state index contributed by atoms with van der Waals surface area (Å²) in [6.45, 7) is 0. The van der Waals surface area contributed by atoms with Gasteiger partial charge in [0.05, 0.1) is 0 Å². The fraction of sp³-hybridized carbons (Fsp3) is 0.143. The lowest BCUT2D eigenvalue weighted by molar-refractivity contribution is 1.40. The summed E-state index contributed by atoms with van der Waals surface area (Å²) in [5, 5.41) is 0.701. The number of hydrogen-bond acceptors (Lipinski definition) is 0. The standard InChI is InChI=1S/C7H5Cl3/c8-4-5-1-2-6(9)3-7(5)10/h1-3H,4H2/i4D2. The highest BCUT2D eigenvalue weighted by Gasteiger charge is 1.97. The fourth-order valence-corrected chi connectivity index (χ4v) is 1.24. The summed E-state index contributed by atoms with van der Waals surface area (Å²) in [5.41, 5.74) is 0.232. The summed E-state index contributed by atoms with van der Waals surface area (Å²) in [4.78, 5) is 0. The maximum Gasteiger partial charge on any atom is 0.0488 e. The van der Waals surface area contributed by atoms with Crippen molar-refractivity contribution in [3.63, 3.8) is 0 Å². The molecule has 0 aliphatic heterocycles. The summed E-state index contributed by atoms with van der Waals surface area (Å²) in [6, 6.07) is 4.47. The topological polar surface area (TPSA) is 0 Å². The van der Waals surface area contributed by atoms with Gasteiger partial charge in [-0.25, -0.2) is 0 Å². The molecule has 0 unspecified atom stereocenters. The molecule has 0 saturated heterocycles. The first-order chi connectivity index (χ1) is 5.41. The Morgan fingerprint density at radius 1 is 1.40 bits per heavy atom. The van der Waals surface area contributed by atoms with Gasteiger partial charge in [0, 0.05) is 18.6 Å². The van der Waals surface area contributed by atoms with Crippen molar-refractivity contribution < 1.29 is 2.74 Å². The zero-order valence-corrected chi connectivity index (χ0v) is 7.13. The van der Waals surface area contributed by atoms with Gasteiger partial charge in [-0.15, -0.1) is 11.6 Å². The molecule has 0 aromatic heterocycles. The molecule has 3 heteroatoms. The van der Waals surface area contributed by atoms with Crippen LogP contribution in [0.1, 0.15) is 8.30 Å². The Labute approximate surface area is 77.5 Å². The predicted octanol–water partition coefficient (Wildman–Crippen LogP) is 3.73. The average Bonchev–Trinajstić information content (AvgIpc) is 1.83. The quantitative estimate of drug-likeness (QED) is 0.602. The SMILES string of the molecule is [2H]C([2H])(Cl)c1ccc(Cl)cc1Cl. The summed E-state index contributed by atoms with van der Waals surface area (Å²) in [7, 11) is 0. The molecule has 54 valence electrons. The molecule has 1 aromatic rings. The van der Waals surface area contributed by atoms with Gasteiger partial charge in [0.2, 0.25) is 0 Å². The first-order valence-corrected chi connectivity index (χ1v) is 3.69. The zero-order chi connectivity index (χ0) is 9.35. The molecule has 0 bridgehead atoms. The Balaban J connectivity index is 3.19. The minimum absolute atomic E-state index is 0.232. The molecule has 0 heterocycles. The molecule has 0 radical (unpaired) electrons. The van der Waals surface area contributed by atoms with Gasteiger partial charge in [0.1, 0.15) is 0 Å². The summed E-state index contributed by atoms with van der Waals surface area (Å²) >= 11 is 16.7. The van der Waals surface area contributed by atoms with Crippen molar-refractivity contribution in [2.24, 2.45) is 0 Å². The van der Waals surface area contributed by atoms with E-state index in [1.807, 2.05) is 0 Å². The van der Waals surface area contributed by atoms with E-state index >= 15 is 0 Å². The largest absolute Gasteiger partial charge is 0.121 e. The third-order valence-corrected chi connectivity index (χ3v) is 1.78. The van der Waals surface area contributed by atoms with Gasteiger partial charge in [-0.1, -0.05) is 29.3 Å². The van der Waals surface area contributed by atoms with Gasteiger partial charge >= 0.3 is 0 Å². The van der Waals surface area contributed by atoms with E-state index in [1.54, 1.807) is 6.07 Å². The van der Waals surface area contributed by atoms with Crippen LogP contribution in [0.2, 0.25) is 10.0 Å². The van der Waals surface area contributed by atoms with E-state index in [0.29, 0.717) is 5.02 Å². The van der Waals surface area contributed by atoms with Crippen LogP contribution in [0.3, 0.4) is 0 Å². The van der Waals surface area contributed by atoms with E-state index in [0.717, 1.165) is 0 Å². The highest BCUT2D eigenvalue weighted by Crippen LogP contribution is 2.21. The third-order valence-electron chi connectivity index (χ3n) is 1.03. The van der Waals surface area contributed by atoms with Gasteiger partial charge in [0.15, 0.2) is 0 Å². The Bertz CT molecular complexity index is 293. The smallest absolute Gasteiger partial charge is 0.0488 e. The second-order valence-corrected chi connectivity index (χ2v) is 2.75. The number of hydrogen-bond donors (Lipinski definition) is 0. The maximum absolute atomic E-state index is 7.19. The molecule has 0 nitrogen and oxygen atoms in total. The van der Waals surface area contributed by atoms with Gasteiger partial charge in [-0.3, -0.25) is 0 Å². The average molecular weight is 197 g/mol. The highest BCUT2D eigenvalue weighted by molar-refractivity contribution is 6.35. The van der Waals surface area contributed by atoms with Crippen LogP contribution in [0, 0.1) is 0 Å². The van der Waals surface area contributed by atoms with Crippen LogP contribution in [-0.2, 0) is 5.83 Å². The van der Waals surface area contributed by atoms with Crippen LogP contribution < -0.4 is 0 Å². The van der Waals surface area contributed by atoms with Gasteiger partial charge in [-0.05, 0) is 17.7 Å². The summed E-state index contributed by atoms with van der Waals surface area (Å²) in [6.07, 6.45) is 0. The second-order valence-electron chi connectivity index (χ2n) is 1.72. The van der Waals surface area contributed by atoms with Gasteiger partial charge < -0.3 is 0 Å². The zero-order valence-electron chi connectivity index (χ0n) is 6.87. The lowest BCUT2D eigenvalue weighted by Crippen LogP contribution is -1.77. The van der Waals surface area contributed by atoms with Crippen LogP contribution >= 0.6 is 34.8 Å². The maximum atomic E-state index is 7.19. The van der Waals surface area contributed by atoms with Crippen molar-refractivity contribution >= 4 is 34.8 Å². The second kappa shape index (κ2) is 3.47. The number of rotatable bonds is 1. The van der Waals surface area contributed by atoms with E-state index in [1.165, 1.54) is 12.1 Å². The molecule has 0 N–H and O–H groups in total. The van der Waals surface area contributed by atoms with Crippen molar-refractivity contribution in [3.05, 3.63) is 33.8 Å². The molecule has 0 saturated carbocycles. The van der Waals surface area contributed by atoms with Gasteiger partial charge in [0.25, 0.3) is 0 Å². The van der Waals surface area contributed by atoms with Crippen LogP contribution in [0.5, 0.6) is 0 Å². The monoisotopic (exact) mass is 196 g/mol. The van der Waals surface area contributed by atoms with Crippen LogP contribution in [0.4, 0.5) is 0 Å². The fourth-order valence-electron chi connectivity index (χ4n) is 0.566. The molecule has 0 aliphatic rings. The lowest BCUT2D eigenvalue weighted by Gasteiger charge is -1.97. The number of alkyl halides is 1. The molecule has 10 heavy (non-hydrogen) atoms. The van der Waals surface area contributed by atoms with E-state index in [2.05, 4.69) is 0 Å². The van der Waals surface area contributed by atoms with E-state index < -0.39 is 5.83 Å². The Hall–Kier alpha value is 0.0900. The molecular formula is C7H5Cl3. The highest BCUT2D eigenvalue weighted by atomic mass is 35.5. The molecular weight excluding hydrogens is 190 g/mol. The first-order valence-electron chi connectivity index (χ1n) is 3.55. The molecule has 0 fully saturated rings. The minimum Gasteiger partial charge on any atom is -0.121 e. The van der Waals surface area contributed by atoms with Crippen molar-refractivity contribution in [3.8, 4) is 0 Å². The van der Waals surface area contributed by atoms with Gasteiger partial charge in [-0.2, -0.15) is 0 Å². The molecule has 0 spiro atoms. The van der Waals surface area contributed by atoms with Crippen molar-refractivity contribution in [2.45, 2.75) is 5.83 Å². The van der Waals surface area contributed by atoms with Crippen LogP contribution in [0.15, 0.2) is 18.2 Å². The molecule has 1 aromatic carbocycles. The number of halogens is 3. The normalized spacial score (nSPS) is 14.3. The first kappa shape index (κ1) is 5.70. The lowest BCUT2D eigenvalue weighted by atomic mass is 10.2. The molecule has 0 atom stereocenters. The third kappa shape index (κ3) is 1.79. The minimum atomic E-state index is -1.94. The van der Waals surface area contributed by atoms with E-state index in [9.17, 15) is 0 Å². The van der Waals surface area contributed by atoms with E-state index in [4.69, 9.17) is 37.5 Å². The Morgan fingerprint density at radius 3 is 2.60 bits per heavy atom.